The van der Waals surface area contributed by atoms with Crippen LogP contribution in [0, 0.1) is 11.6 Å². The SMILES string of the molecule is COC(=O)CC1CN(C(=O)c2cc(F)cc(F)c2)CCO1. The maximum atomic E-state index is 13.2. The Morgan fingerprint density at radius 3 is 2.62 bits per heavy atom. The van der Waals surface area contributed by atoms with E-state index in [9.17, 15) is 18.4 Å². The van der Waals surface area contributed by atoms with Crippen molar-refractivity contribution in [1.29, 1.82) is 0 Å². The van der Waals surface area contributed by atoms with Crippen LogP contribution in [0.4, 0.5) is 8.78 Å². The van der Waals surface area contributed by atoms with E-state index in [2.05, 4.69) is 4.74 Å². The van der Waals surface area contributed by atoms with Crippen molar-refractivity contribution in [2.24, 2.45) is 0 Å². The van der Waals surface area contributed by atoms with Gasteiger partial charge >= 0.3 is 5.97 Å². The molecule has 7 heteroatoms. The van der Waals surface area contributed by atoms with Crippen LogP contribution in [0.15, 0.2) is 18.2 Å². The number of carbonyl (C=O) groups excluding carboxylic acids is 2. The number of hydrogen-bond donors (Lipinski definition) is 0. The third-order valence-electron chi connectivity index (χ3n) is 3.16. The monoisotopic (exact) mass is 299 g/mol. The zero-order valence-electron chi connectivity index (χ0n) is 11.5. The Balaban J connectivity index is 2.06. The fourth-order valence-corrected chi connectivity index (χ4v) is 2.16. The second-order valence-electron chi connectivity index (χ2n) is 4.68. The maximum absolute atomic E-state index is 13.2. The molecule has 5 nitrogen and oxygen atoms in total. The van der Waals surface area contributed by atoms with E-state index in [0.717, 1.165) is 12.1 Å². The molecule has 114 valence electrons. The van der Waals surface area contributed by atoms with Crippen molar-refractivity contribution >= 4 is 11.9 Å². The highest BCUT2D eigenvalue weighted by Gasteiger charge is 2.27. The zero-order valence-corrected chi connectivity index (χ0v) is 11.5. The van der Waals surface area contributed by atoms with Crippen LogP contribution in [-0.2, 0) is 14.3 Å². The van der Waals surface area contributed by atoms with E-state index in [0.29, 0.717) is 12.6 Å². The Labute approximate surface area is 120 Å². The molecule has 1 amide bonds. The number of hydrogen-bond acceptors (Lipinski definition) is 4. The Bertz CT molecular complexity index is 530. The molecular formula is C14H15F2NO4. The second-order valence-corrected chi connectivity index (χ2v) is 4.68. The molecule has 0 bridgehead atoms. The van der Waals surface area contributed by atoms with Crippen molar-refractivity contribution < 1.29 is 27.8 Å². The number of carbonyl (C=O) groups is 2. The van der Waals surface area contributed by atoms with E-state index in [-0.39, 0.29) is 25.1 Å². The summed E-state index contributed by atoms with van der Waals surface area (Å²) in [6.07, 6.45) is -0.453. The molecule has 0 aromatic heterocycles. The number of ether oxygens (including phenoxy) is 2. The fraction of sp³-hybridized carbons (Fsp3) is 0.429. The topological polar surface area (TPSA) is 55.8 Å². The molecule has 21 heavy (non-hydrogen) atoms. The van der Waals surface area contributed by atoms with Gasteiger partial charge in [0.25, 0.3) is 5.91 Å². The lowest BCUT2D eigenvalue weighted by molar-refractivity contribution is -0.145. The lowest BCUT2D eigenvalue weighted by Gasteiger charge is -2.32. The number of esters is 1. The predicted octanol–water partition coefficient (Wildman–Crippen LogP) is 1.37. The Kier molecular flexibility index (Phi) is 4.85. The number of amides is 1. The summed E-state index contributed by atoms with van der Waals surface area (Å²) in [6, 6.07) is 2.67. The number of methoxy groups -OCH3 is 1. The molecule has 1 saturated heterocycles. The predicted molar refractivity (Wildman–Crippen MR) is 68.6 cm³/mol. The summed E-state index contributed by atoms with van der Waals surface area (Å²) in [5.41, 5.74) is -0.0637. The third-order valence-corrected chi connectivity index (χ3v) is 3.16. The minimum absolute atomic E-state index is 0.0256. The number of nitrogens with zero attached hydrogens (tertiary/aromatic N) is 1. The number of rotatable bonds is 3. The molecule has 1 unspecified atom stereocenters. The van der Waals surface area contributed by atoms with Gasteiger partial charge in [-0.25, -0.2) is 8.78 Å². The van der Waals surface area contributed by atoms with E-state index in [1.807, 2.05) is 0 Å². The molecule has 2 rings (SSSR count). The molecule has 0 spiro atoms. The summed E-state index contributed by atoms with van der Waals surface area (Å²) < 4.78 is 36.2. The van der Waals surface area contributed by atoms with E-state index in [4.69, 9.17) is 4.74 Å². The van der Waals surface area contributed by atoms with Gasteiger partial charge in [0.05, 0.1) is 26.2 Å². The minimum Gasteiger partial charge on any atom is -0.469 e. The summed E-state index contributed by atoms with van der Waals surface area (Å²) >= 11 is 0. The highest BCUT2D eigenvalue weighted by molar-refractivity contribution is 5.94. The average molecular weight is 299 g/mol. The summed E-state index contributed by atoms with van der Waals surface area (Å²) in [4.78, 5) is 24.8. The molecule has 1 aliphatic heterocycles. The van der Waals surface area contributed by atoms with Crippen LogP contribution >= 0.6 is 0 Å². The first kappa shape index (κ1) is 15.4. The van der Waals surface area contributed by atoms with Gasteiger partial charge in [-0.1, -0.05) is 0 Å². The third kappa shape index (κ3) is 3.98. The van der Waals surface area contributed by atoms with Crippen molar-refractivity contribution in [3.05, 3.63) is 35.4 Å². The molecule has 1 aliphatic rings. The molecule has 1 heterocycles. The lowest BCUT2D eigenvalue weighted by atomic mass is 10.1. The molecule has 1 fully saturated rings. The zero-order chi connectivity index (χ0) is 15.4. The molecule has 0 radical (unpaired) electrons. The van der Waals surface area contributed by atoms with E-state index in [1.165, 1.54) is 12.0 Å². The highest BCUT2D eigenvalue weighted by Crippen LogP contribution is 2.15. The first-order valence-electron chi connectivity index (χ1n) is 6.43. The van der Waals surface area contributed by atoms with Gasteiger partial charge in [-0.3, -0.25) is 9.59 Å². The molecule has 0 saturated carbocycles. The Morgan fingerprint density at radius 2 is 2.00 bits per heavy atom. The van der Waals surface area contributed by atoms with Crippen molar-refractivity contribution in [2.45, 2.75) is 12.5 Å². The first-order valence-corrected chi connectivity index (χ1v) is 6.43. The summed E-state index contributed by atoms with van der Waals surface area (Å²) in [5, 5.41) is 0. The normalized spacial score (nSPS) is 18.4. The van der Waals surface area contributed by atoms with Crippen LogP contribution in [-0.4, -0.2) is 49.7 Å². The maximum Gasteiger partial charge on any atom is 0.308 e. The molecular weight excluding hydrogens is 284 g/mol. The quantitative estimate of drug-likeness (QED) is 0.791. The highest BCUT2D eigenvalue weighted by atomic mass is 19.1. The van der Waals surface area contributed by atoms with Gasteiger partial charge in [0.15, 0.2) is 0 Å². The van der Waals surface area contributed by atoms with E-state index >= 15 is 0 Å². The number of halogens is 2. The minimum atomic E-state index is -0.808. The van der Waals surface area contributed by atoms with Crippen molar-refractivity contribution in [3.8, 4) is 0 Å². The smallest absolute Gasteiger partial charge is 0.308 e. The van der Waals surface area contributed by atoms with Crippen LogP contribution in [0.5, 0.6) is 0 Å². The number of morpholine rings is 1. The van der Waals surface area contributed by atoms with Crippen molar-refractivity contribution in [3.63, 3.8) is 0 Å². The van der Waals surface area contributed by atoms with Gasteiger partial charge in [0.2, 0.25) is 0 Å². The first-order chi connectivity index (χ1) is 9.99. The molecule has 0 N–H and O–H groups in total. The van der Waals surface area contributed by atoms with Crippen LogP contribution < -0.4 is 0 Å². The molecule has 1 aromatic carbocycles. The van der Waals surface area contributed by atoms with Gasteiger partial charge in [0, 0.05) is 24.7 Å². The lowest BCUT2D eigenvalue weighted by Crippen LogP contribution is -2.46. The molecule has 1 atom stereocenters. The molecule has 1 aromatic rings. The van der Waals surface area contributed by atoms with Crippen molar-refractivity contribution in [2.75, 3.05) is 26.8 Å². The fourth-order valence-electron chi connectivity index (χ4n) is 2.16. The molecule has 0 aliphatic carbocycles. The number of benzene rings is 1. The van der Waals surface area contributed by atoms with Gasteiger partial charge < -0.3 is 14.4 Å². The van der Waals surface area contributed by atoms with Crippen LogP contribution in [0.3, 0.4) is 0 Å². The van der Waals surface area contributed by atoms with E-state index < -0.39 is 29.6 Å². The van der Waals surface area contributed by atoms with Crippen LogP contribution in [0.25, 0.3) is 0 Å². The summed E-state index contributed by atoms with van der Waals surface area (Å²) in [6.45, 7) is 0.728. The van der Waals surface area contributed by atoms with Gasteiger partial charge in [0.1, 0.15) is 11.6 Å². The summed E-state index contributed by atoms with van der Waals surface area (Å²) in [7, 11) is 1.27. The average Bonchev–Trinajstić information content (AvgIpc) is 2.45. The largest absolute Gasteiger partial charge is 0.469 e. The second kappa shape index (κ2) is 6.62. The Morgan fingerprint density at radius 1 is 1.33 bits per heavy atom. The van der Waals surface area contributed by atoms with Crippen LogP contribution in [0.2, 0.25) is 0 Å². The van der Waals surface area contributed by atoms with Gasteiger partial charge in [-0.2, -0.15) is 0 Å². The van der Waals surface area contributed by atoms with Crippen molar-refractivity contribution in [1.82, 2.24) is 4.90 Å². The van der Waals surface area contributed by atoms with E-state index in [1.54, 1.807) is 0 Å². The summed E-state index contributed by atoms with van der Waals surface area (Å²) in [5.74, 6) is -2.55. The van der Waals surface area contributed by atoms with Crippen LogP contribution in [0.1, 0.15) is 16.8 Å². The van der Waals surface area contributed by atoms with Gasteiger partial charge in [-0.15, -0.1) is 0 Å². The Hall–Kier alpha value is -2.02. The van der Waals surface area contributed by atoms with Gasteiger partial charge in [-0.05, 0) is 12.1 Å². The standard InChI is InChI=1S/C14H15F2NO4/c1-20-13(18)7-12-8-17(2-3-21-12)14(19)9-4-10(15)6-11(16)5-9/h4-6,12H,2-3,7-8H2,1H3.